The molecule has 0 saturated carbocycles. The van der Waals surface area contributed by atoms with E-state index < -0.39 is 6.10 Å². The average Bonchev–Trinajstić information content (AvgIpc) is 2.94. The van der Waals surface area contributed by atoms with Crippen LogP contribution >= 0.6 is 0 Å². The van der Waals surface area contributed by atoms with Crippen molar-refractivity contribution in [3.05, 3.63) is 59.8 Å². The van der Waals surface area contributed by atoms with E-state index in [9.17, 15) is 9.50 Å². The van der Waals surface area contributed by atoms with Crippen molar-refractivity contribution in [1.82, 2.24) is 4.90 Å². The molecule has 114 valence electrons. The third kappa shape index (κ3) is 4.99. The SMILES string of the molecule is CCCC(O)CN(Cc1ccco1)Cc1ccccc1F. The Morgan fingerprint density at radius 1 is 1.19 bits per heavy atom. The molecule has 2 aromatic rings. The van der Waals surface area contributed by atoms with Crippen LogP contribution in [0.4, 0.5) is 4.39 Å². The van der Waals surface area contributed by atoms with Gasteiger partial charge in [0.1, 0.15) is 11.6 Å². The minimum atomic E-state index is -0.406. The van der Waals surface area contributed by atoms with E-state index in [2.05, 4.69) is 0 Å². The van der Waals surface area contributed by atoms with Gasteiger partial charge in [-0.15, -0.1) is 0 Å². The molecule has 3 nitrogen and oxygen atoms in total. The predicted molar refractivity (Wildman–Crippen MR) is 80.1 cm³/mol. The molecule has 1 aromatic carbocycles. The lowest BCUT2D eigenvalue weighted by molar-refractivity contribution is 0.0926. The van der Waals surface area contributed by atoms with Gasteiger partial charge in [0.2, 0.25) is 0 Å². The first kappa shape index (κ1) is 15.7. The Balaban J connectivity index is 2.05. The molecule has 0 aliphatic rings. The van der Waals surface area contributed by atoms with Crippen LogP contribution in [0.2, 0.25) is 0 Å². The molecule has 1 unspecified atom stereocenters. The smallest absolute Gasteiger partial charge is 0.127 e. The third-order valence-corrected chi connectivity index (χ3v) is 3.40. The zero-order valence-electron chi connectivity index (χ0n) is 12.3. The summed E-state index contributed by atoms with van der Waals surface area (Å²) in [5.41, 5.74) is 0.632. The molecular weight excluding hydrogens is 269 g/mol. The molecule has 0 aliphatic carbocycles. The topological polar surface area (TPSA) is 36.6 Å². The quantitative estimate of drug-likeness (QED) is 0.807. The first-order valence-electron chi connectivity index (χ1n) is 7.35. The van der Waals surface area contributed by atoms with Gasteiger partial charge in [-0.3, -0.25) is 4.90 Å². The fraction of sp³-hybridized carbons (Fsp3) is 0.412. The van der Waals surface area contributed by atoms with Crippen LogP contribution in [-0.4, -0.2) is 22.7 Å². The molecule has 0 radical (unpaired) electrons. The van der Waals surface area contributed by atoms with Gasteiger partial charge in [-0.05, 0) is 24.6 Å². The van der Waals surface area contributed by atoms with Crippen molar-refractivity contribution >= 4 is 0 Å². The molecule has 0 saturated heterocycles. The van der Waals surface area contributed by atoms with E-state index in [-0.39, 0.29) is 5.82 Å². The van der Waals surface area contributed by atoms with Gasteiger partial charge in [-0.25, -0.2) is 4.39 Å². The molecule has 1 heterocycles. The number of nitrogens with zero attached hydrogens (tertiary/aromatic N) is 1. The van der Waals surface area contributed by atoms with E-state index in [0.29, 0.717) is 25.2 Å². The summed E-state index contributed by atoms with van der Waals surface area (Å²) in [6.45, 7) is 3.55. The first-order valence-corrected chi connectivity index (χ1v) is 7.35. The van der Waals surface area contributed by atoms with Gasteiger partial charge in [0.15, 0.2) is 0 Å². The molecule has 0 spiro atoms. The lowest BCUT2D eigenvalue weighted by atomic mass is 10.1. The molecule has 21 heavy (non-hydrogen) atoms. The summed E-state index contributed by atoms with van der Waals surface area (Å²) in [5, 5.41) is 10.0. The molecule has 1 aromatic heterocycles. The number of aliphatic hydroxyl groups is 1. The van der Waals surface area contributed by atoms with Crippen molar-refractivity contribution in [2.24, 2.45) is 0 Å². The lowest BCUT2D eigenvalue weighted by Gasteiger charge is -2.24. The Labute approximate surface area is 125 Å². The fourth-order valence-corrected chi connectivity index (χ4v) is 2.40. The molecule has 2 rings (SSSR count). The lowest BCUT2D eigenvalue weighted by Crippen LogP contribution is -2.31. The zero-order chi connectivity index (χ0) is 15.1. The number of benzene rings is 1. The Morgan fingerprint density at radius 2 is 2.00 bits per heavy atom. The summed E-state index contributed by atoms with van der Waals surface area (Å²) >= 11 is 0. The van der Waals surface area contributed by atoms with Crippen LogP contribution in [0.15, 0.2) is 47.1 Å². The van der Waals surface area contributed by atoms with Crippen LogP contribution in [0.3, 0.4) is 0 Å². The normalized spacial score (nSPS) is 12.8. The highest BCUT2D eigenvalue weighted by Gasteiger charge is 2.15. The van der Waals surface area contributed by atoms with Crippen LogP contribution in [0.1, 0.15) is 31.1 Å². The van der Waals surface area contributed by atoms with Gasteiger partial charge in [0.05, 0.1) is 18.9 Å². The summed E-state index contributed by atoms with van der Waals surface area (Å²) in [6.07, 6.45) is 2.89. The molecule has 0 aliphatic heterocycles. The van der Waals surface area contributed by atoms with E-state index >= 15 is 0 Å². The summed E-state index contributed by atoms with van der Waals surface area (Å²) in [6, 6.07) is 10.5. The number of hydrogen-bond donors (Lipinski definition) is 1. The largest absolute Gasteiger partial charge is 0.468 e. The van der Waals surface area contributed by atoms with Gasteiger partial charge >= 0.3 is 0 Å². The maximum absolute atomic E-state index is 13.8. The van der Waals surface area contributed by atoms with E-state index in [4.69, 9.17) is 4.42 Å². The third-order valence-electron chi connectivity index (χ3n) is 3.40. The molecule has 1 N–H and O–H groups in total. The Kier molecular flexibility index (Phi) is 5.96. The predicted octanol–water partition coefficient (Wildman–Crippen LogP) is 3.58. The number of rotatable bonds is 8. The number of aliphatic hydroxyl groups excluding tert-OH is 1. The molecule has 0 bridgehead atoms. The van der Waals surface area contributed by atoms with Gasteiger partial charge in [0.25, 0.3) is 0 Å². The second kappa shape index (κ2) is 7.96. The first-order chi connectivity index (χ1) is 10.2. The minimum Gasteiger partial charge on any atom is -0.468 e. The molecular formula is C17H22FNO2. The van der Waals surface area contributed by atoms with E-state index in [1.54, 1.807) is 18.4 Å². The second-order valence-electron chi connectivity index (χ2n) is 5.28. The Morgan fingerprint density at radius 3 is 2.67 bits per heavy atom. The average molecular weight is 291 g/mol. The van der Waals surface area contributed by atoms with E-state index in [1.807, 2.05) is 30.0 Å². The summed E-state index contributed by atoms with van der Waals surface area (Å²) < 4.78 is 19.2. The Hall–Kier alpha value is -1.65. The molecule has 4 heteroatoms. The van der Waals surface area contributed by atoms with Crippen LogP contribution in [0.5, 0.6) is 0 Å². The van der Waals surface area contributed by atoms with Crippen molar-refractivity contribution in [3.8, 4) is 0 Å². The second-order valence-corrected chi connectivity index (χ2v) is 5.28. The standard InChI is InChI=1S/C17H22FNO2/c1-2-6-15(20)12-19(13-16-8-5-10-21-16)11-14-7-3-4-9-17(14)18/h3-5,7-10,15,20H,2,6,11-13H2,1H3. The van der Waals surface area contributed by atoms with Gasteiger partial charge in [0, 0.05) is 18.7 Å². The Bertz CT molecular complexity index is 527. The highest BCUT2D eigenvalue weighted by atomic mass is 19.1. The van der Waals surface area contributed by atoms with Crippen molar-refractivity contribution in [2.45, 2.75) is 39.0 Å². The molecule has 0 fully saturated rings. The number of furan rings is 1. The van der Waals surface area contributed by atoms with Crippen molar-refractivity contribution in [2.75, 3.05) is 6.54 Å². The maximum Gasteiger partial charge on any atom is 0.127 e. The highest BCUT2D eigenvalue weighted by Crippen LogP contribution is 2.14. The monoisotopic (exact) mass is 291 g/mol. The fourth-order valence-electron chi connectivity index (χ4n) is 2.40. The summed E-state index contributed by atoms with van der Waals surface area (Å²) in [7, 11) is 0. The number of hydrogen-bond acceptors (Lipinski definition) is 3. The molecule has 1 atom stereocenters. The summed E-state index contributed by atoms with van der Waals surface area (Å²) in [5.74, 6) is 0.599. The van der Waals surface area contributed by atoms with Crippen molar-refractivity contribution < 1.29 is 13.9 Å². The zero-order valence-corrected chi connectivity index (χ0v) is 12.3. The summed E-state index contributed by atoms with van der Waals surface area (Å²) in [4.78, 5) is 2.01. The van der Waals surface area contributed by atoms with Crippen molar-refractivity contribution in [3.63, 3.8) is 0 Å². The van der Waals surface area contributed by atoms with Crippen LogP contribution < -0.4 is 0 Å². The minimum absolute atomic E-state index is 0.216. The van der Waals surface area contributed by atoms with Gasteiger partial charge in [-0.2, -0.15) is 0 Å². The van der Waals surface area contributed by atoms with Gasteiger partial charge < -0.3 is 9.52 Å². The number of halogens is 1. The van der Waals surface area contributed by atoms with E-state index in [0.717, 1.165) is 18.6 Å². The van der Waals surface area contributed by atoms with Crippen LogP contribution in [0.25, 0.3) is 0 Å². The highest BCUT2D eigenvalue weighted by molar-refractivity contribution is 5.17. The molecule has 0 amide bonds. The van der Waals surface area contributed by atoms with Crippen LogP contribution in [-0.2, 0) is 13.1 Å². The van der Waals surface area contributed by atoms with E-state index in [1.165, 1.54) is 6.07 Å². The van der Waals surface area contributed by atoms with Crippen LogP contribution in [0, 0.1) is 5.82 Å². The van der Waals surface area contributed by atoms with Crippen molar-refractivity contribution in [1.29, 1.82) is 0 Å². The van der Waals surface area contributed by atoms with Gasteiger partial charge in [-0.1, -0.05) is 31.5 Å². The maximum atomic E-state index is 13.8.